The van der Waals surface area contributed by atoms with E-state index < -0.39 is 29.3 Å². The van der Waals surface area contributed by atoms with Crippen molar-refractivity contribution in [3.8, 4) is 17.2 Å². The number of carbonyl (C=O) groups excluding carboxylic acids is 3. The van der Waals surface area contributed by atoms with Crippen LogP contribution in [-0.2, 0) is 22.4 Å². The first-order valence-electron chi connectivity index (χ1n) is 8.62. The number of ether oxygens (including phenoxy) is 3. The summed E-state index contributed by atoms with van der Waals surface area (Å²) in [5.41, 5.74) is 0.218. The largest absolute Gasteiger partial charge is 0.492 e. The number of hydrogen-bond acceptors (Lipinski definition) is 7. The Morgan fingerprint density at radius 3 is 2.44 bits per heavy atom. The number of rotatable bonds is 2. The Kier molecular flexibility index (Phi) is 3.81. The maximum Gasteiger partial charge on any atom is 0.332 e. The summed E-state index contributed by atoms with van der Waals surface area (Å²) in [4.78, 5) is 40.6. The van der Waals surface area contributed by atoms with Crippen LogP contribution >= 0.6 is 0 Å². The Hall–Kier alpha value is -2.81. The number of imide groups is 2. The van der Waals surface area contributed by atoms with E-state index >= 15 is 0 Å². The van der Waals surface area contributed by atoms with Gasteiger partial charge in [0, 0.05) is 32.1 Å². The molecular formula is C18H21N3O6. The number of hydrogen-bond donors (Lipinski definition) is 1. The lowest BCUT2D eigenvalue weighted by Crippen LogP contribution is -2.70. The van der Waals surface area contributed by atoms with E-state index in [2.05, 4.69) is 5.32 Å². The lowest BCUT2D eigenvalue weighted by Gasteiger charge is -2.48. The molecule has 1 aromatic rings. The van der Waals surface area contributed by atoms with E-state index in [9.17, 15) is 14.4 Å². The second kappa shape index (κ2) is 5.85. The number of urea groups is 1. The van der Waals surface area contributed by atoms with E-state index in [0.717, 1.165) is 20.9 Å². The minimum absolute atomic E-state index is 0.0903. The number of carbonyl (C=O) groups is 3. The Bertz CT molecular complexity index is 843. The van der Waals surface area contributed by atoms with Crippen molar-refractivity contribution in [1.29, 1.82) is 0 Å². The topological polar surface area (TPSA) is 97.4 Å². The van der Waals surface area contributed by atoms with Crippen LogP contribution in [0.4, 0.5) is 4.79 Å². The summed E-state index contributed by atoms with van der Waals surface area (Å²) < 4.78 is 16.6. The molecule has 0 radical (unpaired) electrons. The first kappa shape index (κ1) is 17.6. The zero-order valence-corrected chi connectivity index (χ0v) is 15.6. The predicted molar refractivity (Wildman–Crippen MR) is 92.7 cm³/mol. The van der Waals surface area contributed by atoms with Crippen molar-refractivity contribution in [2.45, 2.75) is 18.9 Å². The van der Waals surface area contributed by atoms with Gasteiger partial charge in [0.15, 0.2) is 11.5 Å². The van der Waals surface area contributed by atoms with Gasteiger partial charge in [0.2, 0.25) is 24.4 Å². The third-order valence-electron chi connectivity index (χ3n) is 5.79. The van der Waals surface area contributed by atoms with Crippen molar-refractivity contribution in [3.05, 3.63) is 17.2 Å². The van der Waals surface area contributed by atoms with Gasteiger partial charge in [0.1, 0.15) is 5.41 Å². The van der Waals surface area contributed by atoms with Crippen molar-refractivity contribution < 1.29 is 28.6 Å². The van der Waals surface area contributed by atoms with Gasteiger partial charge in [-0.1, -0.05) is 0 Å². The molecule has 4 amide bonds. The van der Waals surface area contributed by atoms with E-state index in [-0.39, 0.29) is 13.2 Å². The van der Waals surface area contributed by atoms with Gasteiger partial charge in [-0.3, -0.25) is 19.4 Å². The van der Waals surface area contributed by atoms with E-state index in [0.29, 0.717) is 23.7 Å². The number of likely N-dealkylation sites (N-methyl/N-ethyl adjacent to an activating group) is 1. The smallest absolute Gasteiger partial charge is 0.332 e. The number of methoxy groups -OCH3 is 1. The second-order valence-electron chi connectivity index (χ2n) is 6.99. The summed E-state index contributed by atoms with van der Waals surface area (Å²) in [7, 11) is 6.02. The number of fused-ring (bicyclic) bond motifs is 2. The van der Waals surface area contributed by atoms with Gasteiger partial charge < -0.3 is 19.5 Å². The molecule has 4 rings (SSSR count). The molecule has 3 aliphatic rings. The average molecular weight is 375 g/mol. The molecule has 1 fully saturated rings. The van der Waals surface area contributed by atoms with E-state index in [1.165, 1.54) is 21.2 Å². The molecule has 1 N–H and O–H groups in total. The fourth-order valence-corrected chi connectivity index (χ4v) is 4.38. The quantitative estimate of drug-likeness (QED) is 0.735. The van der Waals surface area contributed by atoms with Crippen LogP contribution in [0.2, 0.25) is 0 Å². The minimum atomic E-state index is -1.43. The summed E-state index contributed by atoms with van der Waals surface area (Å²) in [6, 6.07) is 0.760. The number of nitrogens with one attached hydrogen (secondary N) is 1. The van der Waals surface area contributed by atoms with Crippen LogP contribution < -0.4 is 19.5 Å². The number of amides is 4. The highest BCUT2D eigenvalue weighted by Gasteiger charge is 2.61. The molecule has 2 aliphatic heterocycles. The standard InChI is InChI=1S/C18H21N3O6/c1-19-12-6-9-5-11-14(27-8-26-11)13(25-4)10(9)7-18(12)15(22)20(2)17(24)21(3)16(18)23/h5,12,19H,6-8H2,1-4H3/t12-/m0/s1. The Morgan fingerprint density at radius 2 is 1.85 bits per heavy atom. The van der Waals surface area contributed by atoms with Gasteiger partial charge in [-0.2, -0.15) is 0 Å². The van der Waals surface area contributed by atoms with Crippen molar-refractivity contribution in [1.82, 2.24) is 15.1 Å². The summed E-state index contributed by atoms with van der Waals surface area (Å²) in [6.45, 7) is 0.0903. The molecule has 0 aromatic heterocycles. The molecule has 0 unspecified atom stereocenters. The van der Waals surface area contributed by atoms with Crippen molar-refractivity contribution in [2.75, 3.05) is 35.0 Å². The molecule has 9 nitrogen and oxygen atoms in total. The van der Waals surface area contributed by atoms with Gasteiger partial charge in [-0.15, -0.1) is 0 Å². The molecule has 2 heterocycles. The lowest BCUT2D eigenvalue weighted by atomic mass is 9.65. The molecule has 0 saturated carbocycles. The highest BCUT2D eigenvalue weighted by molar-refractivity contribution is 6.19. The summed E-state index contributed by atoms with van der Waals surface area (Å²) >= 11 is 0. The first-order valence-corrected chi connectivity index (χ1v) is 8.62. The van der Waals surface area contributed by atoms with Crippen LogP contribution in [0.3, 0.4) is 0 Å². The molecule has 1 saturated heterocycles. The molecule has 27 heavy (non-hydrogen) atoms. The fraction of sp³-hybridized carbons (Fsp3) is 0.500. The fourth-order valence-electron chi connectivity index (χ4n) is 4.38. The molecular weight excluding hydrogens is 354 g/mol. The van der Waals surface area contributed by atoms with Gasteiger partial charge in [0.25, 0.3) is 0 Å². The molecule has 0 bridgehead atoms. The van der Waals surface area contributed by atoms with Crippen LogP contribution in [0.5, 0.6) is 17.2 Å². The second-order valence-corrected chi connectivity index (χ2v) is 6.99. The monoisotopic (exact) mass is 375 g/mol. The third kappa shape index (κ3) is 2.11. The Labute approximate surface area is 156 Å². The SMILES string of the molecule is CN[C@H]1Cc2cc3c(c(OC)c2CC12C(=O)N(C)C(=O)N(C)C2=O)OCO3. The molecule has 1 aliphatic carbocycles. The van der Waals surface area contributed by atoms with Gasteiger partial charge in [-0.25, -0.2) is 4.79 Å². The maximum absolute atomic E-state index is 13.2. The molecule has 144 valence electrons. The predicted octanol–water partition coefficient (Wildman–Crippen LogP) is 0.147. The Morgan fingerprint density at radius 1 is 1.19 bits per heavy atom. The van der Waals surface area contributed by atoms with Crippen molar-refractivity contribution in [2.24, 2.45) is 5.41 Å². The number of barbiturate groups is 1. The van der Waals surface area contributed by atoms with E-state index in [1.54, 1.807) is 7.05 Å². The zero-order valence-electron chi connectivity index (χ0n) is 15.6. The number of benzene rings is 1. The van der Waals surface area contributed by atoms with Crippen LogP contribution in [-0.4, -0.2) is 68.7 Å². The molecule has 1 spiro atoms. The lowest BCUT2D eigenvalue weighted by molar-refractivity contribution is -0.160. The maximum atomic E-state index is 13.2. The van der Waals surface area contributed by atoms with Crippen LogP contribution in [0, 0.1) is 5.41 Å². The molecule has 1 aromatic carbocycles. The average Bonchev–Trinajstić information content (AvgIpc) is 3.15. The van der Waals surface area contributed by atoms with E-state index in [1.807, 2.05) is 6.07 Å². The van der Waals surface area contributed by atoms with Crippen molar-refractivity contribution in [3.63, 3.8) is 0 Å². The van der Waals surface area contributed by atoms with Crippen molar-refractivity contribution >= 4 is 17.8 Å². The zero-order chi connectivity index (χ0) is 19.5. The summed E-state index contributed by atoms with van der Waals surface area (Å²) in [5.74, 6) is 0.502. The normalized spacial score (nSPS) is 23.1. The highest BCUT2D eigenvalue weighted by Crippen LogP contribution is 2.51. The number of nitrogens with zero attached hydrogens (tertiary/aromatic N) is 2. The summed E-state index contributed by atoms with van der Waals surface area (Å²) in [5, 5.41) is 3.11. The Balaban J connectivity index is 1.91. The minimum Gasteiger partial charge on any atom is -0.492 e. The first-order chi connectivity index (χ1) is 12.9. The van der Waals surface area contributed by atoms with Crippen LogP contribution in [0.25, 0.3) is 0 Å². The molecule has 9 heteroatoms. The van der Waals surface area contributed by atoms with Crippen LogP contribution in [0.1, 0.15) is 11.1 Å². The van der Waals surface area contributed by atoms with Gasteiger partial charge in [-0.05, 0) is 25.1 Å². The van der Waals surface area contributed by atoms with Gasteiger partial charge >= 0.3 is 6.03 Å². The molecule has 1 atom stereocenters. The van der Waals surface area contributed by atoms with Crippen LogP contribution in [0.15, 0.2) is 6.07 Å². The van der Waals surface area contributed by atoms with Gasteiger partial charge in [0.05, 0.1) is 7.11 Å². The highest BCUT2D eigenvalue weighted by atomic mass is 16.7. The summed E-state index contributed by atoms with van der Waals surface area (Å²) in [6.07, 6.45) is 0.513. The third-order valence-corrected chi connectivity index (χ3v) is 5.79. The van der Waals surface area contributed by atoms with E-state index in [4.69, 9.17) is 14.2 Å².